The van der Waals surface area contributed by atoms with Crippen molar-refractivity contribution in [2.24, 2.45) is 0 Å². The Balaban J connectivity index is 1.68. The summed E-state index contributed by atoms with van der Waals surface area (Å²) in [5, 5.41) is 16.0. The van der Waals surface area contributed by atoms with Gasteiger partial charge in [-0.1, -0.05) is 37.3 Å². The minimum absolute atomic E-state index is 0.00464. The zero-order valence-corrected chi connectivity index (χ0v) is 15.3. The van der Waals surface area contributed by atoms with E-state index in [4.69, 9.17) is 11.6 Å². The first-order valence-corrected chi connectivity index (χ1v) is 9.08. The first kappa shape index (κ1) is 19.1. The van der Waals surface area contributed by atoms with Crippen LogP contribution in [0.2, 0.25) is 5.02 Å². The Morgan fingerprint density at radius 1 is 1.26 bits per heavy atom. The van der Waals surface area contributed by atoms with Crippen LogP contribution in [0.5, 0.6) is 0 Å². The number of rotatable bonds is 4. The van der Waals surface area contributed by atoms with Crippen LogP contribution in [0, 0.1) is 10.1 Å². The molecule has 0 aromatic heterocycles. The Kier molecular flexibility index (Phi) is 5.31. The number of anilines is 1. The molecule has 27 heavy (non-hydrogen) atoms. The third-order valence-corrected chi connectivity index (χ3v) is 5.26. The molecule has 1 saturated heterocycles. The zero-order chi connectivity index (χ0) is 19.6. The van der Waals surface area contributed by atoms with E-state index in [1.807, 2.05) is 0 Å². The van der Waals surface area contributed by atoms with Crippen molar-refractivity contribution in [3.8, 4) is 0 Å². The fourth-order valence-electron chi connectivity index (χ4n) is 3.54. The van der Waals surface area contributed by atoms with Crippen LogP contribution in [0.4, 0.5) is 16.2 Å². The number of nitro groups is 1. The standard InChI is InChI=1S/C17H19ClN4O5/c18-12-9-11(22(26)27)5-6-13(12)19-14(23)10-21-15(24)17(20-16(21)25)7-3-1-2-4-8-17/h5-6,9H,1-4,7-8,10H2,(H,19,23)(H,20,25). The van der Waals surface area contributed by atoms with Crippen LogP contribution in [0.25, 0.3) is 0 Å². The highest BCUT2D eigenvalue weighted by Gasteiger charge is 2.51. The zero-order valence-electron chi connectivity index (χ0n) is 14.5. The Morgan fingerprint density at radius 2 is 1.93 bits per heavy atom. The summed E-state index contributed by atoms with van der Waals surface area (Å²) < 4.78 is 0. The first-order valence-electron chi connectivity index (χ1n) is 8.70. The smallest absolute Gasteiger partial charge is 0.323 e. The number of nitrogens with one attached hydrogen (secondary N) is 2. The van der Waals surface area contributed by atoms with Gasteiger partial charge >= 0.3 is 6.03 Å². The predicted octanol–water partition coefficient (Wildman–Crippen LogP) is 2.83. The van der Waals surface area contributed by atoms with Crippen molar-refractivity contribution in [1.82, 2.24) is 10.2 Å². The van der Waals surface area contributed by atoms with Gasteiger partial charge in [-0.3, -0.25) is 24.6 Å². The molecular formula is C17H19ClN4O5. The van der Waals surface area contributed by atoms with Crippen molar-refractivity contribution < 1.29 is 19.3 Å². The number of halogens is 1. The van der Waals surface area contributed by atoms with Gasteiger partial charge in [0.05, 0.1) is 15.6 Å². The van der Waals surface area contributed by atoms with Gasteiger partial charge in [0.25, 0.3) is 11.6 Å². The van der Waals surface area contributed by atoms with Crippen LogP contribution in [-0.2, 0) is 9.59 Å². The molecule has 0 radical (unpaired) electrons. The van der Waals surface area contributed by atoms with Gasteiger partial charge in [-0.2, -0.15) is 0 Å². The van der Waals surface area contributed by atoms with Gasteiger partial charge in [0.15, 0.2) is 0 Å². The lowest BCUT2D eigenvalue weighted by Crippen LogP contribution is -2.47. The summed E-state index contributed by atoms with van der Waals surface area (Å²) >= 11 is 5.95. The molecule has 2 N–H and O–H groups in total. The van der Waals surface area contributed by atoms with E-state index >= 15 is 0 Å². The quantitative estimate of drug-likeness (QED) is 0.462. The number of amides is 4. The summed E-state index contributed by atoms with van der Waals surface area (Å²) in [4.78, 5) is 48.4. The summed E-state index contributed by atoms with van der Waals surface area (Å²) in [7, 11) is 0. The molecule has 1 aliphatic heterocycles. The average Bonchev–Trinajstić information content (AvgIpc) is 2.79. The third-order valence-electron chi connectivity index (χ3n) is 4.94. The minimum atomic E-state index is -0.904. The molecule has 1 spiro atoms. The maximum atomic E-state index is 12.8. The predicted molar refractivity (Wildman–Crippen MR) is 97.4 cm³/mol. The van der Waals surface area contributed by atoms with Gasteiger partial charge in [-0.05, 0) is 18.9 Å². The summed E-state index contributed by atoms with van der Waals surface area (Å²) in [5.41, 5.74) is -0.940. The Bertz CT molecular complexity index is 805. The number of carbonyl (C=O) groups excluding carboxylic acids is 3. The molecule has 1 heterocycles. The Hall–Kier alpha value is -2.68. The lowest BCUT2D eigenvalue weighted by atomic mass is 9.90. The highest BCUT2D eigenvalue weighted by Crippen LogP contribution is 2.33. The molecule has 1 aliphatic carbocycles. The highest BCUT2D eigenvalue weighted by atomic mass is 35.5. The SMILES string of the molecule is O=C(CN1C(=O)NC2(CCCCCC2)C1=O)Nc1ccc([N+](=O)[O-])cc1Cl. The van der Waals surface area contributed by atoms with Gasteiger partial charge in [-0.15, -0.1) is 0 Å². The van der Waals surface area contributed by atoms with Crippen LogP contribution in [-0.4, -0.2) is 39.8 Å². The number of benzene rings is 1. The maximum Gasteiger partial charge on any atom is 0.325 e. The molecule has 0 unspecified atom stereocenters. The molecule has 3 rings (SSSR count). The van der Waals surface area contributed by atoms with Crippen LogP contribution in [0.1, 0.15) is 38.5 Å². The molecule has 1 aromatic rings. The number of urea groups is 1. The highest BCUT2D eigenvalue weighted by molar-refractivity contribution is 6.34. The van der Waals surface area contributed by atoms with E-state index in [0.29, 0.717) is 12.8 Å². The normalized spacial score (nSPS) is 18.9. The van der Waals surface area contributed by atoms with Gasteiger partial charge in [0, 0.05) is 12.1 Å². The van der Waals surface area contributed by atoms with Crippen LogP contribution in [0.3, 0.4) is 0 Å². The minimum Gasteiger partial charge on any atom is -0.323 e. The van der Waals surface area contributed by atoms with E-state index in [1.165, 1.54) is 12.1 Å². The molecule has 10 heteroatoms. The van der Waals surface area contributed by atoms with E-state index in [-0.39, 0.29) is 22.3 Å². The summed E-state index contributed by atoms with van der Waals surface area (Å²) in [6, 6.07) is 3.05. The van der Waals surface area contributed by atoms with Crippen molar-refractivity contribution in [3.63, 3.8) is 0 Å². The fourth-order valence-corrected chi connectivity index (χ4v) is 3.77. The summed E-state index contributed by atoms with van der Waals surface area (Å²) in [5.74, 6) is -0.987. The van der Waals surface area contributed by atoms with Crippen LogP contribution < -0.4 is 10.6 Å². The molecule has 2 aliphatic rings. The molecule has 4 amide bonds. The molecule has 0 atom stereocenters. The van der Waals surface area contributed by atoms with Crippen molar-refractivity contribution in [2.75, 3.05) is 11.9 Å². The third kappa shape index (κ3) is 3.87. The number of carbonyl (C=O) groups is 3. The lowest BCUT2D eigenvalue weighted by molar-refractivity contribution is -0.384. The molecular weight excluding hydrogens is 376 g/mol. The number of hydrogen-bond acceptors (Lipinski definition) is 5. The number of nitro benzene ring substituents is 1. The van der Waals surface area contributed by atoms with E-state index in [1.54, 1.807) is 0 Å². The van der Waals surface area contributed by atoms with Crippen molar-refractivity contribution in [2.45, 2.75) is 44.1 Å². The summed E-state index contributed by atoms with van der Waals surface area (Å²) in [6.07, 6.45) is 4.89. The number of non-ortho nitro benzene ring substituents is 1. The van der Waals surface area contributed by atoms with Gasteiger partial charge < -0.3 is 10.6 Å². The maximum absolute atomic E-state index is 12.8. The Morgan fingerprint density at radius 3 is 2.52 bits per heavy atom. The van der Waals surface area contributed by atoms with E-state index in [0.717, 1.165) is 36.6 Å². The van der Waals surface area contributed by atoms with E-state index < -0.39 is 28.9 Å². The van der Waals surface area contributed by atoms with Crippen LogP contribution in [0.15, 0.2) is 18.2 Å². The summed E-state index contributed by atoms with van der Waals surface area (Å²) in [6.45, 7) is -0.445. The monoisotopic (exact) mass is 394 g/mol. The van der Waals surface area contributed by atoms with Crippen molar-refractivity contribution >= 4 is 40.8 Å². The molecule has 144 valence electrons. The van der Waals surface area contributed by atoms with E-state index in [2.05, 4.69) is 10.6 Å². The van der Waals surface area contributed by atoms with E-state index in [9.17, 15) is 24.5 Å². The molecule has 0 bridgehead atoms. The largest absolute Gasteiger partial charge is 0.325 e. The Labute approximate surface area is 160 Å². The topological polar surface area (TPSA) is 122 Å². The van der Waals surface area contributed by atoms with Gasteiger partial charge in [-0.25, -0.2) is 4.79 Å². The second-order valence-corrected chi connectivity index (χ2v) is 7.19. The molecule has 1 saturated carbocycles. The number of nitrogens with zero attached hydrogens (tertiary/aromatic N) is 2. The van der Waals surface area contributed by atoms with Crippen LogP contribution >= 0.6 is 11.6 Å². The molecule has 9 nitrogen and oxygen atoms in total. The molecule has 1 aromatic carbocycles. The molecule has 2 fully saturated rings. The van der Waals surface area contributed by atoms with Gasteiger partial charge in [0.2, 0.25) is 5.91 Å². The van der Waals surface area contributed by atoms with Gasteiger partial charge in [0.1, 0.15) is 12.1 Å². The van der Waals surface area contributed by atoms with Crippen molar-refractivity contribution in [1.29, 1.82) is 0 Å². The number of imide groups is 1. The fraction of sp³-hybridized carbons (Fsp3) is 0.471. The number of hydrogen-bond donors (Lipinski definition) is 2. The lowest BCUT2D eigenvalue weighted by Gasteiger charge is -2.24. The second-order valence-electron chi connectivity index (χ2n) is 6.79. The second kappa shape index (κ2) is 7.51. The average molecular weight is 395 g/mol. The first-order chi connectivity index (χ1) is 12.8. The van der Waals surface area contributed by atoms with Crippen molar-refractivity contribution in [3.05, 3.63) is 33.3 Å².